The Balaban J connectivity index is 1.91. The van der Waals surface area contributed by atoms with Crippen LogP contribution in [0.15, 0.2) is 41.7 Å². The maximum atomic E-state index is 13.2. The number of para-hydroxylation sites is 1. The molecule has 1 N–H and O–H groups in total. The zero-order valence-corrected chi connectivity index (χ0v) is 17.0. The Morgan fingerprint density at radius 2 is 2.14 bits per heavy atom. The van der Waals surface area contributed by atoms with Gasteiger partial charge in [0.15, 0.2) is 0 Å². The number of allylic oxidation sites excluding steroid dienone is 1. The summed E-state index contributed by atoms with van der Waals surface area (Å²) in [6.45, 7) is 11.1. The van der Waals surface area contributed by atoms with Gasteiger partial charge < -0.3 is 14.3 Å². The van der Waals surface area contributed by atoms with Crippen molar-refractivity contribution >= 4 is 10.9 Å². The third kappa shape index (κ3) is 2.77. The van der Waals surface area contributed by atoms with Crippen LogP contribution in [0.2, 0.25) is 0 Å². The predicted octanol–water partition coefficient (Wildman–Crippen LogP) is 4.29. The summed E-state index contributed by atoms with van der Waals surface area (Å²) < 4.78 is 7.40. The Labute approximate surface area is 165 Å². The van der Waals surface area contributed by atoms with Crippen LogP contribution in [0.3, 0.4) is 0 Å². The van der Waals surface area contributed by atoms with Crippen LogP contribution in [0.4, 0.5) is 0 Å². The van der Waals surface area contributed by atoms with Crippen molar-refractivity contribution < 1.29 is 4.74 Å². The molecule has 0 amide bonds. The third-order valence-corrected chi connectivity index (χ3v) is 6.00. The topological polar surface area (TPSA) is 59.9 Å². The van der Waals surface area contributed by atoms with Crippen molar-refractivity contribution in [3.8, 4) is 5.88 Å². The first-order valence-corrected chi connectivity index (χ1v) is 9.78. The maximum absolute atomic E-state index is 13.2. The molecule has 3 heterocycles. The molecule has 5 heteroatoms. The summed E-state index contributed by atoms with van der Waals surface area (Å²) in [7, 11) is 1.63. The van der Waals surface area contributed by atoms with Gasteiger partial charge in [0.1, 0.15) is 5.69 Å². The van der Waals surface area contributed by atoms with Gasteiger partial charge in [0.05, 0.1) is 12.8 Å². The monoisotopic (exact) mass is 377 g/mol. The van der Waals surface area contributed by atoms with E-state index in [9.17, 15) is 4.79 Å². The molecule has 2 aromatic heterocycles. The molecule has 3 aromatic rings. The van der Waals surface area contributed by atoms with Crippen LogP contribution in [0.1, 0.15) is 55.8 Å². The van der Waals surface area contributed by atoms with Gasteiger partial charge in [0.2, 0.25) is 5.88 Å². The van der Waals surface area contributed by atoms with Crippen LogP contribution < -0.4 is 10.3 Å². The molecule has 0 saturated heterocycles. The Kier molecular flexibility index (Phi) is 4.41. The van der Waals surface area contributed by atoms with E-state index < -0.39 is 0 Å². The van der Waals surface area contributed by atoms with Crippen LogP contribution in [0.5, 0.6) is 5.88 Å². The number of rotatable bonds is 5. The summed E-state index contributed by atoms with van der Waals surface area (Å²) >= 11 is 0. The molecule has 1 aliphatic heterocycles. The molecular weight excluding hydrogens is 350 g/mol. The summed E-state index contributed by atoms with van der Waals surface area (Å²) in [6, 6.07) is 8.19. The van der Waals surface area contributed by atoms with Gasteiger partial charge in [-0.3, -0.25) is 4.79 Å². The van der Waals surface area contributed by atoms with Crippen molar-refractivity contribution in [2.24, 2.45) is 0 Å². The summed E-state index contributed by atoms with van der Waals surface area (Å²) in [6.07, 6.45) is 3.34. The van der Waals surface area contributed by atoms with Crippen molar-refractivity contribution in [2.75, 3.05) is 7.11 Å². The summed E-state index contributed by atoms with van der Waals surface area (Å²) in [4.78, 5) is 21.4. The third-order valence-electron chi connectivity index (χ3n) is 6.00. The van der Waals surface area contributed by atoms with Gasteiger partial charge in [-0.15, -0.1) is 6.58 Å². The molecule has 4 rings (SSSR count). The number of fused-ring (bicyclic) bond motifs is 2. The number of aromatic nitrogens is 3. The first-order valence-electron chi connectivity index (χ1n) is 9.78. The minimum Gasteiger partial charge on any atom is -0.480 e. The Hall–Kier alpha value is -2.82. The van der Waals surface area contributed by atoms with Gasteiger partial charge in [0.25, 0.3) is 5.56 Å². The average molecular weight is 377 g/mol. The van der Waals surface area contributed by atoms with Gasteiger partial charge in [-0.05, 0) is 18.1 Å². The lowest BCUT2D eigenvalue weighted by Crippen LogP contribution is -2.27. The van der Waals surface area contributed by atoms with Crippen LogP contribution in [0.25, 0.3) is 10.9 Å². The second kappa shape index (κ2) is 6.66. The zero-order chi connectivity index (χ0) is 20.1. The molecule has 1 atom stereocenters. The molecule has 1 aliphatic rings. The number of aromatic amines is 1. The second-order valence-corrected chi connectivity index (χ2v) is 8.23. The van der Waals surface area contributed by atoms with Gasteiger partial charge in [-0.2, -0.15) is 0 Å². The number of nitrogens with one attached hydrogen (secondary N) is 1. The number of benzene rings is 1. The van der Waals surface area contributed by atoms with Gasteiger partial charge in [-0.1, -0.05) is 45.0 Å². The Morgan fingerprint density at radius 1 is 1.39 bits per heavy atom. The lowest BCUT2D eigenvalue weighted by Gasteiger charge is -2.21. The Bertz CT molecular complexity index is 1120. The van der Waals surface area contributed by atoms with E-state index in [4.69, 9.17) is 4.74 Å². The lowest BCUT2D eigenvalue weighted by atomic mass is 9.85. The van der Waals surface area contributed by atoms with Crippen LogP contribution >= 0.6 is 0 Å². The normalized spacial score (nSPS) is 16.4. The van der Waals surface area contributed by atoms with E-state index >= 15 is 0 Å². The van der Waals surface area contributed by atoms with Crippen molar-refractivity contribution in [3.63, 3.8) is 0 Å². The predicted molar refractivity (Wildman–Crippen MR) is 112 cm³/mol. The first-order chi connectivity index (χ1) is 13.4. The number of ether oxygens (including phenoxy) is 1. The molecule has 0 fully saturated rings. The van der Waals surface area contributed by atoms with Crippen LogP contribution in [0, 0.1) is 0 Å². The molecular formula is C23H27N3O2. The largest absolute Gasteiger partial charge is 0.480 e. The molecule has 1 unspecified atom stereocenters. The van der Waals surface area contributed by atoms with E-state index in [2.05, 4.69) is 49.5 Å². The molecule has 0 bridgehead atoms. The molecule has 0 radical (unpaired) electrons. The summed E-state index contributed by atoms with van der Waals surface area (Å²) in [5, 5.41) is 1.12. The molecule has 28 heavy (non-hydrogen) atoms. The Morgan fingerprint density at radius 3 is 2.86 bits per heavy atom. The fourth-order valence-corrected chi connectivity index (χ4v) is 4.24. The van der Waals surface area contributed by atoms with E-state index in [1.54, 1.807) is 7.11 Å². The fourth-order valence-electron chi connectivity index (χ4n) is 4.24. The van der Waals surface area contributed by atoms with Gasteiger partial charge in [0, 0.05) is 40.9 Å². The van der Waals surface area contributed by atoms with Gasteiger partial charge in [-0.25, -0.2) is 4.98 Å². The minimum atomic E-state index is -0.250. The zero-order valence-electron chi connectivity index (χ0n) is 17.0. The van der Waals surface area contributed by atoms with Crippen molar-refractivity contribution in [2.45, 2.75) is 51.5 Å². The number of hydrogen-bond donors (Lipinski definition) is 1. The quantitative estimate of drug-likeness (QED) is 0.675. The standard InChI is InChI=1S/C23H27N3O2/c1-6-23(3,4)20-16(15-9-7-8-10-17(15)24-20)13-18-22(27)26-12-11-14(2)19(26)21(25-18)28-5/h6-10,14,24H,1,11-13H2,2-5H3. The lowest BCUT2D eigenvalue weighted by molar-refractivity contribution is 0.383. The van der Waals surface area contributed by atoms with E-state index in [1.807, 2.05) is 22.8 Å². The van der Waals surface area contributed by atoms with Gasteiger partial charge >= 0.3 is 0 Å². The second-order valence-electron chi connectivity index (χ2n) is 8.23. The molecule has 0 aliphatic carbocycles. The van der Waals surface area contributed by atoms with Crippen LogP contribution in [-0.4, -0.2) is 21.6 Å². The first kappa shape index (κ1) is 18.5. The molecule has 146 valence electrons. The SMILES string of the molecule is C=CC(C)(C)c1[nH]c2ccccc2c1Cc1nc(OC)c2n(c1=O)CCC2C. The van der Waals surface area contributed by atoms with E-state index in [0.29, 0.717) is 18.0 Å². The van der Waals surface area contributed by atoms with Crippen molar-refractivity contribution in [1.29, 1.82) is 0 Å². The highest BCUT2D eigenvalue weighted by molar-refractivity contribution is 5.85. The maximum Gasteiger partial charge on any atom is 0.273 e. The van der Waals surface area contributed by atoms with E-state index in [1.165, 1.54) is 0 Å². The summed E-state index contributed by atoms with van der Waals surface area (Å²) in [5.41, 5.74) is 4.42. The minimum absolute atomic E-state index is 0.00668. The summed E-state index contributed by atoms with van der Waals surface area (Å²) in [5.74, 6) is 0.858. The molecule has 0 spiro atoms. The molecule has 0 saturated carbocycles. The highest BCUT2D eigenvalue weighted by Gasteiger charge is 2.29. The molecule has 5 nitrogen and oxygen atoms in total. The highest BCUT2D eigenvalue weighted by Crippen LogP contribution is 2.35. The number of methoxy groups -OCH3 is 1. The number of nitrogens with zero attached hydrogens (tertiary/aromatic N) is 2. The molecule has 1 aromatic carbocycles. The van der Waals surface area contributed by atoms with Crippen molar-refractivity contribution in [3.05, 3.63) is 69.9 Å². The van der Waals surface area contributed by atoms with Crippen LogP contribution in [-0.2, 0) is 18.4 Å². The smallest absolute Gasteiger partial charge is 0.273 e. The number of H-pyrrole nitrogens is 1. The average Bonchev–Trinajstić information content (AvgIpc) is 3.26. The van der Waals surface area contributed by atoms with E-state index in [-0.39, 0.29) is 16.9 Å². The van der Waals surface area contributed by atoms with Crippen molar-refractivity contribution in [1.82, 2.24) is 14.5 Å². The van der Waals surface area contributed by atoms with E-state index in [0.717, 1.165) is 40.8 Å². The fraction of sp³-hybridized carbons (Fsp3) is 0.391. The highest BCUT2D eigenvalue weighted by atomic mass is 16.5. The number of hydrogen-bond acceptors (Lipinski definition) is 3.